The van der Waals surface area contributed by atoms with Gasteiger partial charge in [-0.05, 0) is 17.7 Å². The SMILES string of the molecule is N#CCc1ccc(-c2cn3ccccc3n2)cc1. The number of imidazole rings is 1. The second-order valence-electron chi connectivity index (χ2n) is 4.12. The second-order valence-corrected chi connectivity index (χ2v) is 4.12. The highest BCUT2D eigenvalue weighted by atomic mass is 15.0. The van der Waals surface area contributed by atoms with Gasteiger partial charge >= 0.3 is 0 Å². The van der Waals surface area contributed by atoms with E-state index in [4.69, 9.17) is 5.26 Å². The van der Waals surface area contributed by atoms with E-state index in [2.05, 4.69) is 11.1 Å². The molecular weight excluding hydrogens is 222 g/mol. The van der Waals surface area contributed by atoms with Gasteiger partial charge in [0.2, 0.25) is 0 Å². The Morgan fingerprint density at radius 3 is 2.67 bits per heavy atom. The first kappa shape index (κ1) is 10.5. The number of hydrogen-bond acceptors (Lipinski definition) is 2. The van der Waals surface area contributed by atoms with Crippen LogP contribution in [-0.4, -0.2) is 9.38 Å². The maximum atomic E-state index is 8.64. The largest absolute Gasteiger partial charge is 0.306 e. The van der Waals surface area contributed by atoms with Crippen molar-refractivity contribution in [3.63, 3.8) is 0 Å². The van der Waals surface area contributed by atoms with Gasteiger partial charge in [0, 0.05) is 18.0 Å². The van der Waals surface area contributed by atoms with Crippen LogP contribution in [0.5, 0.6) is 0 Å². The van der Waals surface area contributed by atoms with Gasteiger partial charge in [-0.25, -0.2) is 4.98 Å². The summed E-state index contributed by atoms with van der Waals surface area (Å²) >= 11 is 0. The number of hydrogen-bond donors (Lipinski definition) is 0. The molecule has 3 nitrogen and oxygen atoms in total. The molecule has 0 saturated heterocycles. The average molecular weight is 233 g/mol. The summed E-state index contributed by atoms with van der Waals surface area (Å²) in [5.74, 6) is 0. The van der Waals surface area contributed by atoms with Crippen molar-refractivity contribution < 1.29 is 0 Å². The first-order chi connectivity index (χ1) is 8.86. The first-order valence-electron chi connectivity index (χ1n) is 5.77. The van der Waals surface area contributed by atoms with Gasteiger partial charge in [-0.15, -0.1) is 0 Å². The van der Waals surface area contributed by atoms with Gasteiger partial charge in [-0.1, -0.05) is 30.3 Å². The number of fused-ring (bicyclic) bond motifs is 1. The quantitative estimate of drug-likeness (QED) is 0.682. The van der Waals surface area contributed by atoms with Gasteiger partial charge in [0.05, 0.1) is 18.2 Å². The molecule has 18 heavy (non-hydrogen) atoms. The molecule has 0 radical (unpaired) electrons. The number of nitriles is 1. The highest BCUT2D eigenvalue weighted by Gasteiger charge is 2.03. The van der Waals surface area contributed by atoms with Crippen LogP contribution < -0.4 is 0 Å². The number of nitrogens with zero attached hydrogens (tertiary/aromatic N) is 3. The van der Waals surface area contributed by atoms with Crippen molar-refractivity contribution in [2.45, 2.75) is 6.42 Å². The van der Waals surface area contributed by atoms with Crippen LogP contribution in [-0.2, 0) is 6.42 Å². The minimum Gasteiger partial charge on any atom is -0.306 e. The summed E-state index contributed by atoms with van der Waals surface area (Å²) in [7, 11) is 0. The maximum Gasteiger partial charge on any atom is 0.137 e. The van der Waals surface area contributed by atoms with Crippen LogP contribution in [0.4, 0.5) is 0 Å². The fraction of sp³-hybridized carbons (Fsp3) is 0.0667. The molecule has 0 aliphatic heterocycles. The van der Waals surface area contributed by atoms with E-state index >= 15 is 0 Å². The molecule has 0 aliphatic carbocycles. The van der Waals surface area contributed by atoms with Gasteiger partial charge < -0.3 is 4.40 Å². The third kappa shape index (κ3) is 1.85. The summed E-state index contributed by atoms with van der Waals surface area (Å²) < 4.78 is 2.00. The molecule has 0 saturated carbocycles. The average Bonchev–Trinajstić information content (AvgIpc) is 2.84. The van der Waals surface area contributed by atoms with Crippen molar-refractivity contribution in [2.75, 3.05) is 0 Å². The Bertz CT molecular complexity index is 684. The molecule has 0 bridgehead atoms. The molecule has 0 fully saturated rings. The predicted molar refractivity (Wildman–Crippen MR) is 69.9 cm³/mol. The second kappa shape index (κ2) is 4.34. The molecule has 0 aliphatic rings. The lowest BCUT2D eigenvalue weighted by atomic mass is 10.1. The van der Waals surface area contributed by atoms with E-state index in [0.29, 0.717) is 6.42 Å². The van der Waals surface area contributed by atoms with Crippen molar-refractivity contribution >= 4 is 5.65 Å². The Kier molecular flexibility index (Phi) is 2.54. The van der Waals surface area contributed by atoms with Crippen LogP contribution in [0.3, 0.4) is 0 Å². The summed E-state index contributed by atoms with van der Waals surface area (Å²) in [4.78, 5) is 4.56. The van der Waals surface area contributed by atoms with Gasteiger partial charge in [-0.2, -0.15) is 5.26 Å². The van der Waals surface area contributed by atoms with Crippen molar-refractivity contribution in [1.82, 2.24) is 9.38 Å². The first-order valence-corrected chi connectivity index (χ1v) is 5.77. The normalized spacial score (nSPS) is 10.4. The number of pyridine rings is 1. The van der Waals surface area contributed by atoms with E-state index in [0.717, 1.165) is 22.5 Å². The standard InChI is InChI=1S/C15H11N3/c16-9-8-12-4-6-13(7-5-12)14-11-18-10-2-1-3-15(18)17-14/h1-7,10-11H,8H2. The summed E-state index contributed by atoms with van der Waals surface area (Å²) in [6, 6.07) is 16.0. The number of rotatable bonds is 2. The maximum absolute atomic E-state index is 8.64. The molecule has 86 valence electrons. The molecule has 3 rings (SSSR count). The molecule has 2 aromatic heterocycles. The molecule has 0 N–H and O–H groups in total. The molecule has 2 heterocycles. The number of benzene rings is 1. The van der Waals surface area contributed by atoms with Crippen LogP contribution in [0.25, 0.3) is 16.9 Å². The summed E-state index contributed by atoms with van der Waals surface area (Å²) in [5.41, 5.74) is 3.99. The molecule has 3 aromatic rings. The number of aromatic nitrogens is 2. The van der Waals surface area contributed by atoms with E-state index in [1.807, 2.05) is 59.3 Å². The molecule has 0 unspecified atom stereocenters. The van der Waals surface area contributed by atoms with Crippen LogP contribution in [0.15, 0.2) is 54.9 Å². The van der Waals surface area contributed by atoms with E-state index < -0.39 is 0 Å². The molecular formula is C15H11N3. The highest BCUT2D eigenvalue weighted by Crippen LogP contribution is 2.19. The van der Waals surface area contributed by atoms with E-state index in [-0.39, 0.29) is 0 Å². The van der Waals surface area contributed by atoms with E-state index in [9.17, 15) is 0 Å². The van der Waals surface area contributed by atoms with E-state index in [1.165, 1.54) is 0 Å². The highest BCUT2D eigenvalue weighted by molar-refractivity contribution is 5.62. The summed E-state index contributed by atoms with van der Waals surface area (Å²) in [6.07, 6.45) is 4.44. The van der Waals surface area contributed by atoms with E-state index in [1.54, 1.807) is 0 Å². The fourth-order valence-electron chi connectivity index (χ4n) is 1.96. The Labute approximate surface area is 105 Å². The Morgan fingerprint density at radius 1 is 1.11 bits per heavy atom. The lowest BCUT2D eigenvalue weighted by molar-refractivity contribution is 1.19. The Hall–Kier alpha value is -2.60. The van der Waals surface area contributed by atoms with Gasteiger partial charge in [0.25, 0.3) is 0 Å². The smallest absolute Gasteiger partial charge is 0.137 e. The summed E-state index contributed by atoms with van der Waals surface area (Å²) in [6.45, 7) is 0. The minimum atomic E-state index is 0.450. The van der Waals surface area contributed by atoms with Gasteiger partial charge in [-0.3, -0.25) is 0 Å². The van der Waals surface area contributed by atoms with Crippen LogP contribution >= 0.6 is 0 Å². The van der Waals surface area contributed by atoms with Crippen molar-refractivity contribution in [3.8, 4) is 17.3 Å². The van der Waals surface area contributed by atoms with Crippen LogP contribution in [0.1, 0.15) is 5.56 Å². The molecule has 3 heteroatoms. The van der Waals surface area contributed by atoms with Crippen molar-refractivity contribution in [1.29, 1.82) is 5.26 Å². The minimum absolute atomic E-state index is 0.450. The lowest BCUT2D eigenvalue weighted by Gasteiger charge is -1.97. The molecule has 0 amide bonds. The van der Waals surface area contributed by atoms with Gasteiger partial charge in [0.15, 0.2) is 0 Å². The molecule has 0 spiro atoms. The van der Waals surface area contributed by atoms with Gasteiger partial charge in [0.1, 0.15) is 5.65 Å². The third-order valence-corrected chi connectivity index (χ3v) is 2.90. The molecule has 1 aromatic carbocycles. The topological polar surface area (TPSA) is 41.1 Å². The van der Waals surface area contributed by atoms with Crippen LogP contribution in [0.2, 0.25) is 0 Å². The zero-order valence-electron chi connectivity index (χ0n) is 9.74. The molecule has 0 atom stereocenters. The zero-order valence-corrected chi connectivity index (χ0v) is 9.74. The fourth-order valence-corrected chi connectivity index (χ4v) is 1.96. The van der Waals surface area contributed by atoms with Crippen molar-refractivity contribution in [2.24, 2.45) is 0 Å². The Balaban J connectivity index is 2.01. The lowest BCUT2D eigenvalue weighted by Crippen LogP contribution is -1.82. The van der Waals surface area contributed by atoms with Crippen molar-refractivity contribution in [3.05, 3.63) is 60.4 Å². The summed E-state index contributed by atoms with van der Waals surface area (Å²) in [5, 5.41) is 8.64. The zero-order chi connectivity index (χ0) is 12.4. The third-order valence-electron chi connectivity index (χ3n) is 2.90. The Morgan fingerprint density at radius 2 is 1.94 bits per heavy atom. The van der Waals surface area contributed by atoms with Crippen LogP contribution in [0, 0.1) is 11.3 Å². The predicted octanol–water partition coefficient (Wildman–Crippen LogP) is 3.07. The monoisotopic (exact) mass is 233 g/mol.